The Kier molecular flexibility index (Phi) is 4.10. The van der Waals surface area contributed by atoms with E-state index in [9.17, 15) is 4.79 Å². The van der Waals surface area contributed by atoms with Gasteiger partial charge in [-0.15, -0.1) is 11.3 Å². The van der Waals surface area contributed by atoms with Crippen LogP contribution in [0.1, 0.15) is 15.4 Å². The van der Waals surface area contributed by atoms with E-state index in [1.165, 1.54) is 11.1 Å². The first-order valence-corrected chi connectivity index (χ1v) is 7.76. The summed E-state index contributed by atoms with van der Waals surface area (Å²) in [5.41, 5.74) is 0. The Bertz CT molecular complexity index is 574. The first-order valence-electron chi connectivity index (χ1n) is 6.50. The van der Waals surface area contributed by atoms with E-state index in [1.54, 1.807) is 23.5 Å². The van der Waals surface area contributed by atoms with Gasteiger partial charge in [-0.3, -0.25) is 9.69 Å². The Hall–Kier alpha value is -1.30. The number of piperazine rings is 1. The first kappa shape index (κ1) is 13.7. The Morgan fingerprint density at radius 3 is 2.75 bits per heavy atom. The molecular formula is C14H15ClN2O2S. The topological polar surface area (TPSA) is 36.7 Å². The summed E-state index contributed by atoms with van der Waals surface area (Å²) >= 11 is 7.61. The number of hydrogen-bond acceptors (Lipinski definition) is 4. The quantitative estimate of drug-likeness (QED) is 0.874. The van der Waals surface area contributed by atoms with Gasteiger partial charge in [0, 0.05) is 43.0 Å². The number of amides is 1. The monoisotopic (exact) mass is 310 g/mol. The molecule has 6 heteroatoms. The highest BCUT2D eigenvalue weighted by Crippen LogP contribution is 2.21. The van der Waals surface area contributed by atoms with Crippen LogP contribution in [0.5, 0.6) is 0 Å². The fourth-order valence-corrected chi connectivity index (χ4v) is 3.44. The number of rotatable bonds is 3. The summed E-state index contributed by atoms with van der Waals surface area (Å²) in [6.45, 7) is 4.13. The normalized spacial score (nSPS) is 16.6. The maximum atomic E-state index is 12.1. The molecule has 0 saturated carbocycles. The van der Waals surface area contributed by atoms with Crippen molar-refractivity contribution < 1.29 is 9.21 Å². The van der Waals surface area contributed by atoms with Crippen LogP contribution < -0.4 is 0 Å². The van der Waals surface area contributed by atoms with Gasteiger partial charge < -0.3 is 9.32 Å². The van der Waals surface area contributed by atoms with Crippen molar-refractivity contribution in [1.82, 2.24) is 9.80 Å². The summed E-state index contributed by atoms with van der Waals surface area (Å²) in [4.78, 5) is 17.6. The maximum Gasteiger partial charge on any atom is 0.289 e. The van der Waals surface area contributed by atoms with Gasteiger partial charge in [0.2, 0.25) is 0 Å². The molecule has 0 aliphatic carbocycles. The van der Waals surface area contributed by atoms with Gasteiger partial charge >= 0.3 is 0 Å². The van der Waals surface area contributed by atoms with Gasteiger partial charge in [0.15, 0.2) is 5.76 Å². The minimum atomic E-state index is -0.0196. The average molecular weight is 311 g/mol. The van der Waals surface area contributed by atoms with Gasteiger partial charge in [-0.2, -0.15) is 0 Å². The number of furan rings is 1. The zero-order valence-corrected chi connectivity index (χ0v) is 12.5. The van der Waals surface area contributed by atoms with Crippen molar-refractivity contribution in [3.63, 3.8) is 0 Å². The summed E-state index contributed by atoms with van der Waals surface area (Å²) in [5, 5.41) is 2.75. The SMILES string of the molecule is O=C(c1ccco1)N1CCN(Cc2cc(Cl)cs2)CC1. The average Bonchev–Trinajstić information content (AvgIpc) is 3.11. The molecule has 1 aliphatic rings. The molecule has 106 valence electrons. The van der Waals surface area contributed by atoms with E-state index in [4.69, 9.17) is 16.0 Å². The van der Waals surface area contributed by atoms with E-state index in [0.717, 1.165) is 37.7 Å². The highest BCUT2D eigenvalue weighted by molar-refractivity contribution is 7.10. The lowest BCUT2D eigenvalue weighted by atomic mass is 10.2. The third-order valence-electron chi connectivity index (χ3n) is 3.39. The summed E-state index contributed by atoms with van der Waals surface area (Å²) in [6.07, 6.45) is 1.53. The van der Waals surface area contributed by atoms with E-state index in [0.29, 0.717) is 5.76 Å². The molecular weight excluding hydrogens is 296 g/mol. The molecule has 2 aromatic heterocycles. The summed E-state index contributed by atoms with van der Waals surface area (Å²) in [6, 6.07) is 5.46. The smallest absolute Gasteiger partial charge is 0.289 e. The summed E-state index contributed by atoms with van der Waals surface area (Å²) in [7, 11) is 0. The van der Waals surface area contributed by atoms with Crippen molar-refractivity contribution in [2.24, 2.45) is 0 Å². The second kappa shape index (κ2) is 5.99. The molecule has 1 aliphatic heterocycles. The zero-order valence-electron chi connectivity index (χ0n) is 10.9. The van der Waals surface area contributed by atoms with Gasteiger partial charge in [0.1, 0.15) is 0 Å². The minimum Gasteiger partial charge on any atom is -0.459 e. The van der Waals surface area contributed by atoms with Crippen LogP contribution in [-0.2, 0) is 6.54 Å². The van der Waals surface area contributed by atoms with Gasteiger partial charge in [0.05, 0.1) is 11.3 Å². The van der Waals surface area contributed by atoms with Crippen LogP contribution in [0, 0.1) is 0 Å². The lowest BCUT2D eigenvalue weighted by Gasteiger charge is -2.34. The second-order valence-electron chi connectivity index (χ2n) is 4.78. The van der Waals surface area contributed by atoms with E-state index in [2.05, 4.69) is 4.90 Å². The molecule has 1 saturated heterocycles. The molecule has 0 unspecified atom stereocenters. The number of hydrogen-bond donors (Lipinski definition) is 0. The fourth-order valence-electron chi connectivity index (χ4n) is 2.32. The first-order chi connectivity index (χ1) is 9.72. The van der Waals surface area contributed by atoms with Crippen molar-refractivity contribution in [1.29, 1.82) is 0 Å². The van der Waals surface area contributed by atoms with E-state index < -0.39 is 0 Å². The molecule has 0 aromatic carbocycles. The predicted octanol–water partition coefficient (Wildman–Crippen LogP) is 2.95. The van der Waals surface area contributed by atoms with Gasteiger partial charge in [-0.1, -0.05) is 11.6 Å². The summed E-state index contributed by atoms with van der Waals surface area (Å²) in [5.74, 6) is 0.400. The van der Waals surface area contributed by atoms with Gasteiger partial charge in [0.25, 0.3) is 5.91 Å². The molecule has 0 spiro atoms. The summed E-state index contributed by atoms with van der Waals surface area (Å²) < 4.78 is 5.16. The van der Waals surface area contributed by atoms with Crippen molar-refractivity contribution in [3.05, 3.63) is 45.5 Å². The standard InChI is InChI=1S/C14H15ClN2O2S/c15-11-8-12(20-10-11)9-16-3-5-17(6-4-16)14(18)13-2-1-7-19-13/h1-2,7-8,10H,3-6,9H2. The number of carbonyl (C=O) groups excluding carboxylic acids is 1. The molecule has 2 aromatic rings. The Balaban J connectivity index is 1.53. The lowest BCUT2D eigenvalue weighted by Crippen LogP contribution is -2.48. The van der Waals surface area contributed by atoms with Crippen LogP contribution in [0.2, 0.25) is 5.02 Å². The molecule has 1 fully saturated rings. The maximum absolute atomic E-state index is 12.1. The van der Waals surface area contributed by atoms with Crippen LogP contribution in [0.25, 0.3) is 0 Å². The Labute approximate surface area is 126 Å². The molecule has 0 radical (unpaired) electrons. The van der Waals surface area contributed by atoms with Crippen LogP contribution in [0.4, 0.5) is 0 Å². The van der Waals surface area contributed by atoms with Crippen LogP contribution >= 0.6 is 22.9 Å². The second-order valence-corrected chi connectivity index (χ2v) is 6.21. The molecule has 3 heterocycles. The molecule has 20 heavy (non-hydrogen) atoms. The highest BCUT2D eigenvalue weighted by Gasteiger charge is 2.23. The Morgan fingerprint density at radius 1 is 1.35 bits per heavy atom. The number of thiophene rings is 1. The number of halogens is 1. The van der Waals surface area contributed by atoms with E-state index in [1.807, 2.05) is 16.3 Å². The van der Waals surface area contributed by atoms with Crippen molar-refractivity contribution in [2.45, 2.75) is 6.54 Å². The molecule has 0 N–H and O–H groups in total. The van der Waals surface area contributed by atoms with Crippen molar-refractivity contribution in [2.75, 3.05) is 26.2 Å². The minimum absolute atomic E-state index is 0.0196. The number of carbonyl (C=O) groups is 1. The van der Waals surface area contributed by atoms with Crippen LogP contribution in [0.15, 0.2) is 34.3 Å². The third-order valence-corrected chi connectivity index (χ3v) is 4.66. The van der Waals surface area contributed by atoms with Gasteiger partial charge in [-0.25, -0.2) is 0 Å². The molecule has 1 amide bonds. The Morgan fingerprint density at radius 2 is 2.15 bits per heavy atom. The molecule has 4 nitrogen and oxygen atoms in total. The van der Waals surface area contributed by atoms with Crippen molar-refractivity contribution >= 4 is 28.8 Å². The van der Waals surface area contributed by atoms with E-state index >= 15 is 0 Å². The largest absolute Gasteiger partial charge is 0.459 e. The third kappa shape index (κ3) is 3.06. The zero-order chi connectivity index (χ0) is 13.9. The van der Waals surface area contributed by atoms with Crippen LogP contribution in [-0.4, -0.2) is 41.9 Å². The predicted molar refractivity (Wildman–Crippen MR) is 79.2 cm³/mol. The molecule has 3 rings (SSSR count). The van der Waals surface area contributed by atoms with Crippen molar-refractivity contribution in [3.8, 4) is 0 Å². The van der Waals surface area contributed by atoms with Crippen LogP contribution in [0.3, 0.4) is 0 Å². The number of nitrogens with zero attached hydrogens (tertiary/aromatic N) is 2. The molecule has 0 bridgehead atoms. The fraction of sp³-hybridized carbons (Fsp3) is 0.357. The highest BCUT2D eigenvalue weighted by atomic mass is 35.5. The molecule has 0 atom stereocenters. The van der Waals surface area contributed by atoms with Gasteiger partial charge in [-0.05, 0) is 18.2 Å². The van der Waals surface area contributed by atoms with E-state index in [-0.39, 0.29) is 5.91 Å². The lowest BCUT2D eigenvalue weighted by molar-refractivity contribution is 0.0599.